The molecule has 0 aliphatic heterocycles. The van der Waals surface area contributed by atoms with Gasteiger partial charge in [0.1, 0.15) is 5.75 Å². The number of carbonyl (C=O) groups is 2. The van der Waals surface area contributed by atoms with Crippen LogP contribution in [0.15, 0.2) is 36.4 Å². The molecule has 6 heteroatoms. The molecule has 1 atom stereocenters. The molecule has 1 N–H and O–H groups in total. The van der Waals surface area contributed by atoms with Gasteiger partial charge in [-0.1, -0.05) is 17.7 Å². The molecule has 0 saturated heterocycles. The molecule has 3 rings (SSSR count). The molecule has 0 heterocycles. The first-order valence-electron chi connectivity index (χ1n) is 7.89. The van der Waals surface area contributed by atoms with Gasteiger partial charge in [-0.05, 0) is 54.3 Å². The smallest absolute Gasteiger partial charge is 0.337 e. The Hall–Kier alpha value is -2.53. The number of methoxy groups -OCH3 is 2. The summed E-state index contributed by atoms with van der Waals surface area (Å²) < 4.78 is 9.86. The largest absolute Gasteiger partial charge is 0.497 e. The number of nitrogens with one attached hydrogen (secondary N) is 1. The average Bonchev–Trinajstić information content (AvgIpc) is 3.02. The van der Waals surface area contributed by atoms with Crippen LogP contribution in [0.1, 0.15) is 44.3 Å². The summed E-state index contributed by atoms with van der Waals surface area (Å²) in [6, 6.07) is 10.2. The number of esters is 1. The summed E-state index contributed by atoms with van der Waals surface area (Å²) in [5.41, 5.74) is 2.93. The van der Waals surface area contributed by atoms with E-state index in [4.69, 9.17) is 21.1 Å². The summed E-state index contributed by atoms with van der Waals surface area (Å²) in [4.78, 5) is 24.3. The lowest BCUT2D eigenvalue weighted by atomic mass is 10.0. The fourth-order valence-corrected chi connectivity index (χ4v) is 3.30. The van der Waals surface area contributed by atoms with Gasteiger partial charge in [0.15, 0.2) is 0 Å². The molecule has 0 radical (unpaired) electrons. The molecule has 1 unspecified atom stereocenters. The van der Waals surface area contributed by atoms with Crippen molar-refractivity contribution in [3.63, 3.8) is 0 Å². The van der Waals surface area contributed by atoms with Crippen LogP contribution in [-0.4, -0.2) is 26.1 Å². The van der Waals surface area contributed by atoms with Gasteiger partial charge >= 0.3 is 5.97 Å². The maximum Gasteiger partial charge on any atom is 0.337 e. The minimum Gasteiger partial charge on any atom is -0.497 e. The minimum atomic E-state index is -0.391. The molecule has 2 aromatic rings. The summed E-state index contributed by atoms with van der Waals surface area (Å²) >= 11 is 6.17. The van der Waals surface area contributed by atoms with E-state index in [0.717, 1.165) is 24.0 Å². The molecule has 0 fully saturated rings. The quantitative estimate of drug-likeness (QED) is 0.848. The topological polar surface area (TPSA) is 64.6 Å². The second-order valence-corrected chi connectivity index (χ2v) is 6.22. The third-order valence-electron chi connectivity index (χ3n) is 4.37. The number of amides is 1. The molecule has 25 heavy (non-hydrogen) atoms. The summed E-state index contributed by atoms with van der Waals surface area (Å²) in [7, 11) is 2.89. The Kier molecular flexibility index (Phi) is 4.95. The van der Waals surface area contributed by atoms with Crippen LogP contribution in [0.5, 0.6) is 5.75 Å². The van der Waals surface area contributed by atoms with E-state index in [0.29, 0.717) is 21.9 Å². The van der Waals surface area contributed by atoms with Gasteiger partial charge in [0.2, 0.25) is 0 Å². The van der Waals surface area contributed by atoms with Crippen LogP contribution >= 0.6 is 11.6 Å². The lowest BCUT2D eigenvalue weighted by Crippen LogP contribution is -2.27. The van der Waals surface area contributed by atoms with Crippen molar-refractivity contribution in [1.82, 2.24) is 5.32 Å². The molecule has 5 nitrogen and oxygen atoms in total. The second kappa shape index (κ2) is 7.15. The Bertz CT molecular complexity index is 834. The van der Waals surface area contributed by atoms with Crippen molar-refractivity contribution in [1.29, 1.82) is 0 Å². The Morgan fingerprint density at radius 3 is 2.64 bits per heavy atom. The van der Waals surface area contributed by atoms with Gasteiger partial charge in [-0.2, -0.15) is 0 Å². The van der Waals surface area contributed by atoms with Crippen LogP contribution in [0.25, 0.3) is 0 Å². The highest BCUT2D eigenvalue weighted by molar-refractivity contribution is 6.34. The lowest BCUT2D eigenvalue weighted by molar-refractivity contribution is 0.0600. The van der Waals surface area contributed by atoms with Crippen LogP contribution in [-0.2, 0) is 11.2 Å². The van der Waals surface area contributed by atoms with Crippen molar-refractivity contribution in [3.8, 4) is 5.75 Å². The van der Waals surface area contributed by atoms with E-state index in [1.807, 2.05) is 6.07 Å². The molecule has 0 bridgehead atoms. The average molecular weight is 360 g/mol. The molecular formula is C19H18ClNO4. The first-order chi connectivity index (χ1) is 12.0. The van der Waals surface area contributed by atoms with E-state index in [-0.39, 0.29) is 11.9 Å². The SMILES string of the molecule is COC(=O)c1ccc2c(c1)C(NC(=O)c1ccc(OC)cc1Cl)CC2. The molecular weight excluding hydrogens is 342 g/mol. The summed E-state index contributed by atoms with van der Waals surface area (Å²) in [6.07, 6.45) is 1.62. The number of carbonyl (C=O) groups excluding carboxylic acids is 2. The fourth-order valence-electron chi connectivity index (χ4n) is 3.04. The molecule has 1 aliphatic rings. The van der Waals surface area contributed by atoms with Crippen molar-refractivity contribution >= 4 is 23.5 Å². The first-order valence-corrected chi connectivity index (χ1v) is 8.27. The van der Waals surface area contributed by atoms with Gasteiger partial charge in [-0.3, -0.25) is 4.79 Å². The Morgan fingerprint density at radius 1 is 1.16 bits per heavy atom. The highest BCUT2D eigenvalue weighted by Gasteiger charge is 2.26. The number of rotatable bonds is 4. The van der Waals surface area contributed by atoms with Crippen molar-refractivity contribution in [2.24, 2.45) is 0 Å². The predicted molar refractivity (Wildman–Crippen MR) is 94.3 cm³/mol. The van der Waals surface area contributed by atoms with E-state index >= 15 is 0 Å². The standard InChI is InChI=1S/C19H18ClNO4/c1-24-13-6-7-14(16(20)10-13)18(22)21-17-8-5-11-3-4-12(9-15(11)17)19(23)25-2/h3-4,6-7,9-10,17H,5,8H2,1-2H3,(H,21,22). The van der Waals surface area contributed by atoms with Gasteiger partial charge in [-0.25, -0.2) is 4.79 Å². The highest BCUT2D eigenvalue weighted by Crippen LogP contribution is 2.33. The van der Waals surface area contributed by atoms with Crippen molar-refractivity contribution in [2.75, 3.05) is 14.2 Å². The van der Waals surface area contributed by atoms with Crippen LogP contribution in [0.2, 0.25) is 5.02 Å². The third kappa shape index (κ3) is 3.46. The zero-order valence-corrected chi connectivity index (χ0v) is 14.7. The number of ether oxygens (including phenoxy) is 2. The molecule has 130 valence electrons. The summed E-state index contributed by atoms with van der Waals surface area (Å²) in [5, 5.41) is 3.33. The van der Waals surface area contributed by atoms with Crippen molar-refractivity contribution < 1.29 is 19.1 Å². The first kappa shape index (κ1) is 17.3. The number of aryl methyl sites for hydroxylation is 1. The molecule has 0 saturated carbocycles. The van der Waals surface area contributed by atoms with E-state index in [2.05, 4.69) is 5.32 Å². The van der Waals surface area contributed by atoms with Crippen LogP contribution < -0.4 is 10.1 Å². The molecule has 1 aliphatic carbocycles. The zero-order valence-electron chi connectivity index (χ0n) is 14.0. The van der Waals surface area contributed by atoms with Crippen LogP contribution in [0, 0.1) is 0 Å². The van der Waals surface area contributed by atoms with Crippen molar-refractivity contribution in [2.45, 2.75) is 18.9 Å². The Balaban J connectivity index is 1.81. The van der Waals surface area contributed by atoms with E-state index in [1.54, 1.807) is 37.4 Å². The highest BCUT2D eigenvalue weighted by atomic mass is 35.5. The minimum absolute atomic E-state index is 0.162. The fraction of sp³-hybridized carbons (Fsp3) is 0.263. The number of benzene rings is 2. The third-order valence-corrected chi connectivity index (χ3v) is 4.68. The van der Waals surface area contributed by atoms with Crippen LogP contribution in [0.4, 0.5) is 0 Å². The second-order valence-electron chi connectivity index (χ2n) is 5.82. The summed E-state index contributed by atoms with van der Waals surface area (Å²) in [5.74, 6) is -0.0533. The van der Waals surface area contributed by atoms with Gasteiger partial charge in [0, 0.05) is 0 Å². The Morgan fingerprint density at radius 2 is 1.96 bits per heavy atom. The maximum atomic E-state index is 12.6. The van der Waals surface area contributed by atoms with Gasteiger partial charge < -0.3 is 14.8 Å². The molecule has 0 spiro atoms. The zero-order chi connectivity index (χ0) is 18.0. The molecule has 0 aromatic heterocycles. The van der Waals surface area contributed by atoms with Crippen LogP contribution in [0.3, 0.4) is 0 Å². The predicted octanol–water partition coefficient (Wildman–Crippen LogP) is 3.55. The van der Waals surface area contributed by atoms with Gasteiger partial charge in [0.05, 0.1) is 36.4 Å². The lowest BCUT2D eigenvalue weighted by Gasteiger charge is -2.16. The van der Waals surface area contributed by atoms with Gasteiger partial charge in [0.25, 0.3) is 5.91 Å². The molecule has 2 aromatic carbocycles. The van der Waals surface area contributed by atoms with E-state index in [1.165, 1.54) is 7.11 Å². The van der Waals surface area contributed by atoms with E-state index in [9.17, 15) is 9.59 Å². The number of hydrogen-bond donors (Lipinski definition) is 1. The Labute approximate surface area is 150 Å². The number of halogens is 1. The number of fused-ring (bicyclic) bond motifs is 1. The normalized spacial score (nSPS) is 15.4. The summed E-state index contributed by atoms with van der Waals surface area (Å²) in [6.45, 7) is 0. The van der Waals surface area contributed by atoms with Gasteiger partial charge in [-0.15, -0.1) is 0 Å². The van der Waals surface area contributed by atoms with E-state index < -0.39 is 5.97 Å². The van der Waals surface area contributed by atoms with Crippen molar-refractivity contribution in [3.05, 3.63) is 63.7 Å². The maximum absolute atomic E-state index is 12.6. The number of hydrogen-bond acceptors (Lipinski definition) is 4. The monoisotopic (exact) mass is 359 g/mol. The molecule has 1 amide bonds.